The highest BCUT2D eigenvalue weighted by atomic mass is 35.5. The summed E-state index contributed by atoms with van der Waals surface area (Å²) < 4.78 is 18.6. The van der Waals surface area contributed by atoms with E-state index in [4.69, 9.17) is 25.8 Å². The molecule has 1 atom stereocenters. The number of ether oxygens (including phenoxy) is 3. The Morgan fingerprint density at radius 1 is 0.958 bits per heavy atom. The molecule has 1 fully saturated rings. The number of nitrogens with one attached hydrogen (secondary N) is 1. The normalized spacial score (nSPS) is 14.0. The number of esters is 1. The molecule has 0 aliphatic carbocycles. The first-order valence-corrected chi connectivity index (χ1v) is 17.0. The number of piperidine rings is 1. The van der Waals surface area contributed by atoms with E-state index in [1.807, 2.05) is 18.2 Å². The molecule has 0 radical (unpaired) electrons. The van der Waals surface area contributed by atoms with Gasteiger partial charge in [-0.1, -0.05) is 30.2 Å². The molecule has 0 bridgehead atoms. The predicted molar refractivity (Wildman–Crippen MR) is 187 cm³/mol. The minimum absolute atomic E-state index is 0.0365. The predicted octanol–water partition coefficient (Wildman–Crippen LogP) is 6.74. The largest absolute Gasteiger partial charge is 0.497 e. The second kappa shape index (κ2) is 16.7. The van der Waals surface area contributed by atoms with Crippen molar-refractivity contribution in [3.63, 3.8) is 0 Å². The number of carbonyl (C=O) groups excluding carboxylic acids is 3. The van der Waals surface area contributed by atoms with Crippen molar-refractivity contribution in [2.45, 2.75) is 65.0 Å². The number of likely N-dealkylation sites (tertiary alicyclic amines) is 1. The number of amides is 1. The van der Waals surface area contributed by atoms with Crippen LogP contribution < -0.4 is 14.8 Å². The molecule has 48 heavy (non-hydrogen) atoms. The molecule has 10 heteroatoms. The van der Waals surface area contributed by atoms with E-state index in [0.29, 0.717) is 58.1 Å². The molecular weight excluding hydrogens is 630 g/mol. The number of carbonyl (C=O) groups is 3. The highest BCUT2D eigenvalue weighted by Crippen LogP contribution is 2.31. The lowest BCUT2D eigenvalue weighted by molar-refractivity contribution is -0.148. The van der Waals surface area contributed by atoms with Gasteiger partial charge in [0.2, 0.25) is 5.91 Å². The molecule has 254 valence electrons. The average Bonchev–Trinajstić information content (AvgIpc) is 3.34. The number of aromatic nitrogens is 1. The summed E-state index contributed by atoms with van der Waals surface area (Å²) in [5.41, 5.74) is 3.64. The van der Waals surface area contributed by atoms with Gasteiger partial charge in [-0.15, -0.1) is 0 Å². The number of benzene rings is 3. The van der Waals surface area contributed by atoms with Crippen molar-refractivity contribution >= 4 is 40.3 Å². The monoisotopic (exact) mass is 673 g/mol. The van der Waals surface area contributed by atoms with E-state index in [0.717, 1.165) is 25.4 Å². The van der Waals surface area contributed by atoms with Crippen LogP contribution in [0.15, 0.2) is 66.7 Å². The van der Waals surface area contributed by atoms with Crippen LogP contribution in [-0.2, 0) is 27.3 Å². The zero-order valence-electron chi connectivity index (χ0n) is 27.9. The van der Waals surface area contributed by atoms with Gasteiger partial charge in [0.15, 0.2) is 0 Å². The number of rotatable bonds is 14. The zero-order chi connectivity index (χ0) is 34.0. The van der Waals surface area contributed by atoms with E-state index in [-0.39, 0.29) is 24.7 Å². The number of methoxy groups -OCH3 is 1. The molecular formula is C38H44ClN3O6. The highest BCUT2D eigenvalue weighted by molar-refractivity contribution is 6.30. The van der Waals surface area contributed by atoms with Crippen LogP contribution in [0.2, 0.25) is 5.02 Å². The second-order valence-electron chi connectivity index (χ2n) is 12.3. The minimum atomic E-state index is -0.629. The van der Waals surface area contributed by atoms with Crippen LogP contribution in [0, 0.1) is 6.92 Å². The lowest BCUT2D eigenvalue weighted by Gasteiger charge is -2.26. The van der Waals surface area contributed by atoms with E-state index in [9.17, 15) is 14.4 Å². The highest BCUT2D eigenvalue weighted by Gasteiger charge is 2.24. The molecule has 3 aromatic carbocycles. The molecule has 1 aromatic heterocycles. The van der Waals surface area contributed by atoms with Gasteiger partial charge in [0.05, 0.1) is 32.1 Å². The van der Waals surface area contributed by atoms with Crippen LogP contribution >= 0.6 is 11.6 Å². The molecule has 4 aromatic rings. The first kappa shape index (κ1) is 35.0. The van der Waals surface area contributed by atoms with Gasteiger partial charge in [-0.3, -0.25) is 23.9 Å². The first-order chi connectivity index (χ1) is 23.2. The molecule has 1 N–H and O–H groups in total. The lowest BCUT2D eigenvalue weighted by Crippen LogP contribution is -2.30. The van der Waals surface area contributed by atoms with Crippen LogP contribution in [0.5, 0.6) is 11.5 Å². The van der Waals surface area contributed by atoms with Crippen molar-refractivity contribution in [2.24, 2.45) is 0 Å². The smallest absolute Gasteiger partial charge is 0.310 e. The summed E-state index contributed by atoms with van der Waals surface area (Å²) in [4.78, 5) is 41.7. The van der Waals surface area contributed by atoms with Crippen LogP contribution in [0.3, 0.4) is 0 Å². The van der Waals surface area contributed by atoms with Gasteiger partial charge < -0.3 is 19.5 Å². The molecule has 0 saturated carbocycles. The average molecular weight is 674 g/mol. The Hall–Kier alpha value is -4.34. The Bertz CT molecular complexity index is 1730. The van der Waals surface area contributed by atoms with Crippen molar-refractivity contribution in [1.82, 2.24) is 14.8 Å². The molecule has 1 aliphatic rings. The van der Waals surface area contributed by atoms with Gasteiger partial charge in [0, 0.05) is 34.8 Å². The summed E-state index contributed by atoms with van der Waals surface area (Å²) in [5, 5.41) is 4.14. The van der Waals surface area contributed by atoms with Gasteiger partial charge >= 0.3 is 5.97 Å². The number of fused-ring (bicyclic) bond motifs is 1. The number of nitrogens with zero attached hydrogens (tertiary/aromatic N) is 2. The number of hydrogen-bond donors (Lipinski definition) is 1. The first-order valence-electron chi connectivity index (χ1n) is 16.6. The summed E-state index contributed by atoms with van der Waals surface area (Å²) in [6.07, 6.45) is 3.84. The van der Waals surface area contributed by atoms with Gasteiger partial charge in [0.25, 0.3) is 5.91 Å². The van der Waals surface area contributed by atoms with Gasteiger partial charge in [0.1, 0.15) is 17.6 Å². The lowest BCUT2D eigenvalue weighted by atomic mass is 10.1. The number of hydrogen-bond acceptors (Lipinski definition) is 7. The standard InChI is InChI=1S/C38H44ClN3O6/c1-26(21-36(43)40-17-8-20-47-32-10-7-9-28(22-32)25-41-18-5-4-6-19-41)48-37(44)24-33-27(2)42(35-16-15-31(46-3)23-34(33)35)38(45)29-11-13-30(39)14-12-29/h7,9-16,22-23,26H,4-6,8,17-21,24-25H2,1-3H3,(H,40,43). The third kappa shape index (κ3) is 9.17. The van der Waals surface area contributed by atoms with Crippen LogP contribution in [0.4, 0.5) is 0 Å². The van der Waals surface area contributed by atoms with Crippen LogP contribution in [0.1, 0.15) is 66.2 Å². The van der Waals surface area contributed by atoms with Gasteiger partial charge in [-0.25, -0.2) is 0 Å². The van der Waals surface area contributed by atoms with E-state index in [1.165, 1.54) is 24.8 Å². The maximum atomic E-state index is 13.5. The second-order valence-corrected chi connectivity index (χ2v) is 12.7. The maximum absolute atomic E-state index is 13.5. The molecule has 1 saturated heterocycles. The fourth-order valence-corrected chi connectivity index (χ4v) is 6.31. The third-order valence-electron chi connectivity index (χ3n) is 8.63. The number of halogens is 1. The Morgan fingerprint density at radius 3 is 2.48 bits per heavy atom. The van der Waals surface area contributed by atoms with Crippen LogP contribution in [0.25, 0.3) is 10.9 Å². The maximum Gasteiger partial charge on any atom is 0.310 e. The molecule has 2 heterocycles. The summed E-state index contributed by atoms with van der Waals surface area (Å²) in [7, 11) is 1.56. The van der Waals surface area contributed by atoms with Gasteiger partial charge in [-0.05, 0) is 112 Å². The topological polar surface area (TPSA) is 99.1 Å². The quantitative estimate of drug-likeness (QED) is 0.117. The Morgan fingerprint density at radius 2 is 1.73 bits per heavy atom. The van der Waals surface area contributed by atoms with Crippen LogP contribution in [-0.4, -0.2) is 66.7 Å². The Labute approximate surface area is 287 Å². The molecule has 1 amide bonds. The van der Waals surface area contributed by atoms with Crippen molar-refractivity contribution in [3.05, 3.63) is 94.1 Å². The van der Waals surface area contributed by atoms with Crippen molar-refractivity contribution < 1.29 is 28.6 Å². The molecule has 5 rings (SSSR count). The SMILES string of the molecule is COc1ccc2c(c1)c(CC(=O)OC(C)CC(=O)NCCCOc1cccc(CN3CCCCC3)c1)c(C)n2C(=O)c1ccc(Cl)cc1. The van der Waals surface area contributed by atoms with E-state index >= 15 is 0 Å². The summed E-state index contributed by atoms with van der Waals surface area (Å²) in [5.74, 6) is 0.503. The van der Waals surface area contributed by atoms with E-state index in [2.05, 4.69) is 22.3 Å². The van der Waals surface area contributed by atoms with Crippen molar-refractivity contribution in [2.75, 3.05) is 33.4 Å². The van der Waals surface area contributed by atoms with E-state index < -0.39 is 12.1 Å². The Kier molecular flexibility index (Phi) is 12.1. The molecule has 9 nitrogen and oxygen atoms in total. The molecule has 1 aliphatic heterocycles. The molecule has 1 unspecified atom stereocenters. The fraction of sp³-hybridized carbons (Fsp3) is 0.395. The third-order valence-corrected chi connectivity index (χ3v) is 8.88. The fourth-order valence-electron chi connectivity index (χ4n) is 6.18. The minimum Gasteiger partial charge on any atom is -0.497 e. The summed E-state index contributed by atoms with van der Waals surface area (Å²) >= 11 is 6.03. The Balaban J connectivity index is 1.10. The van der Waals surface area contributed by atoms with Crippen molar-refractivity contribution in [3.8, 4) is 11.5 Å². The van der Waals surface area contributed by atoms with Crippen molar-refractivity contribution in [1.29, 1.82) is 0 Å². The van der Waals surface area contributed by atoms with Gasteiger partial charge in [-0.2, -0.15) is 0 Å². The summed E-state index contributed by atoms with van der Waals surface area (Å²) in [6, 6.07) is 20.3. The molecule has 0 spiro atoms. The zero-order valence-corrected chi connectivity index (χ0v) is 28.7. The van der Waals surface area contributed by atoms with E-state index in [1.54, 1.807) is 61.9 Å². The summed E-state index contributed by atoms with van der Waals surface area (Å²) in [6.45, 7) is 7.67.